The summed E-state index contributed by atoms with van der Waals surface area (Å²) in [5.74, 6) is 1.46. The van der Waals surface area contributed by atoms with Gasteiger partial charge in [0.2, 0.25) is 0 Å². The predicted molar refractivity (Wildman–Crippen MR) is 103 cm³/mol. The highest BCUT2D eigenvalue weighted by Gasteiger charge is 2.39. The lowest BCUT2D eigenvalue weighted by atomic mass is 9.86. The maximum Gasteiger partial charge on any atom is 0.175 e. The molecule has 2 atom stereocenters. The highest BCUT2D eigenvalue weighted by atomic mass is 32.2. The Bertz CT molecular complexity index is 973. The molecule has 0 amide bonds. The molecule has 0 aliphatic heterocycles. The third-order valence-electron chi connectivity index (χ3n) is 5.72. The largest absolute Gasteiger partial charge is 0.305 e. The summed E-state index contributed by atoms with van der Waals surface area (Å²) in [6.07, 6.45) is 5.21. The minimum Gasteiger partial charge on any atom is -0.305 e. The van der Waals surface area contributed by atoms with Crippen LogP contribution >= 0.6 is 0 Å². The van der Waals surface area contributed by atoms with Crippen LogP contribution in [0.2, 0.25) is 0 Å². The number of allylic oxidation sites excluding steroid dienone is 1. The van der Waals surface area contributed by atoms with E-state index in [0.29, 0.717) is 10.8 Å². The highest BCUT2D eigenvalue weighted by Crippen LogP contribution is 2.52. The zero-order chi connectivity index (χ0) is 17.8. The van der Waals surface area contributed by atoms with Crippen LogP contribution in [0, 0.1) is 11.8 Å². The van der Waals surface area contributed by atoms with Gasteiger partial charge < -0.3 is 4.90 Å². The molecular formula is C21H25NO2S. The Morgan fingerprint density at radius 2 is 1.68 bits per heavy atom. The summed E-state index contributed by atoms with van der Waals surface area (Å²) < 4.78 is 23.5. The molecule has 4 rings (SSSR count). The number of fused-ring (bicyclic) bond motifs is 3. The van der Waals surface area contributed by atoms with Crippen LogP contribution in [-0.4, -0.2) is 40.2 Å². The molecule has 0 radical (unpaired) electrons. The average Bonchev–Trinajstić information content (AvgIpc) is 3.14. The van der Waals surface area contributed by atoms with Gasteiger partial charge in [-0.3, -0.25) is 0 Å². The van der Waals surface area contributed by atoms with Crippen LogP contribution in [0.4, 0.5) is 0 Å². The summed E-state index contributed by atoms with van der Waals surface area (Å²) in [6, 6.07) is 11.9. The fourth-order valence-electron chi connectivity index (χ4n) is 4.64. The summed E-state index contributed by atoms with van der Waals surface area (Å²) in [5.41, 5.74) is 4.50. The Hall–Kier alpha value is -1.65. The molecule has 132 valence electrons. The minimum atomic E-state index is -3.16. The summed E-state index contributed by atoms with van der Waals surface area (Å²) in [4.78, 5) is 2.66. The number of benzene rings is 2. The van der Waals surface area contributed by atoms with E-state index >= 15 is 0 Å². The quantitative estimate of drug-likeness (QED) is 0.832. The molecule has 2 aliphatic rings. The molecule has 0 aromatic heterocycles. The van der Waals surface area contributed by atoms with Gasteiger partial charge in [0.25, 0.3) is 0 Å². The number of nitrogens with zero attached hydrogens (tertiary/aromatic N) is 1. The van der Waals surface area contributed by atoms with Crippen molar-refractivity contribution in [2.24, 2.45) is 11.8 Å². The van der Waals surface area contributed by atoms with Gasteiger partial charge in [0.05, 0.1) is 4.90 Å². The molecule has 2 aromatic rings. The van der Waals surface area contributed by atoms with E-state index in [0.717, 1.165) is 23.2 Å². The lowest BCUT2D eigenvalue weighted by Gasteiger charge is -2.23. The van der Waals surface area contributed by atoms with Crippen molar-refractivity contribution < 1.29 is 8.42 Å². The average molecular weight is 356 g/mol. The molecule has 2 unspecified atom stereocenters. The Morgan fingerprint density at radius 1 is 1.00 bits per heavy atom. The lowest BCUT2D eigenvalue weighted by Crippen LogP contribution is -2.19. The Kier molecular flexibility index (Phi) is 4.00. The van der Waals surface area contributed by atoms with Crippen LogP contribution < -0.4 is 0 Å². The van der Waals surface area contributed by atoms with Crippen molar-refractivity contribution >= 4 is 26.2 Å². The first-order valence-corrected chi connectivity index (χ1v) is 10.8. The lowest BCUT2D eigenvalue weighted by molar-refractivity contribution is 0.423. The smallest absolute Gasteiger partial charge is 0.175 e. The maximum absolute atomic E-state index is 11.8. The van der Waals surface area contributed by atoms with E-state index in [9.17, 15) is 8.42 Å². The van der Waals surface area contributed by atoms with Gasteiger partial charge in [-0.15, -0.1) is 0 Å². The maximum atomic E-state index is 11.8. The monoisotopic (exact) mass is 355 g/mol. The van der Waals surface area contributed by atoms with E-state index in [1.807, 2.05) is 6.07 Å². The van der Waals surface area contributed by atoms with Crippen LogP contribution in [-0.2, 0) is 9.84 Å². The van der Waals surface area contributed by atoms with Crippen LogP contribution in [0.25, 0.3) is 16.3 Å². The molecule has 0 saturated heterocycles. The molecular weight excluding hydrogens is 330 g/mol. The summed E-state index contributed by atoms with van der Waals surface area (Å²) in [5, 5.41) is 2.11. The molecule has 1 fully saturated rings. The number of hydrogen-bond donors (Lipinski definition) is 0. The van der Waals surface area contributed by atoms with Gasteiger partial charge in [-0.1, -0.05) is 18.2 Å². The summed E-state index contributed by atoms with van der Waals surface area (Å²) in [6.45, 7) is 1.04. The van der Waals surface area contributed by atoms with Crippen molar-refractivity contribution in [1.82, 2.24) is 4.90 Å². The van der Waals surface area contributed by atoms with Crippen molar-refractivity contribution in [2.75, 3.05) is 26.9 Å². The van der Waals surface area contributed by atoms with Gasteiger partial charge in [0.15, 0.2) is 9.84 Å². The predicted octanol–water partition coefficient (Wildman–Crippen LogP) is 3.99. The molecule has 4 heteroatoms. The van der Waals surface area contributed by atoms with Gasteiger partial charge in [-0.05, 0) is 90.9 Å². The molecule has 2 aliphatic carbocycles. The number of sulfone groups is 1. The van der Waals surface area contributed by atoms with Crippen LogP contribution in [0.15, 0.2) is 46.9 Å². The molecule has 2 aromatic carbocycles. The van der Waals surface area contributed by atoms with Gasteiger partial charge in [-0.2, -0.15) is 0 Å². The second-order valence-electron chi connectivity index (χ2n) is 7.88. The van der Waals surface area contributed by atoms with E-state index in [-0.39, 0.29) is 0 Å². The number of likely N-dealkylation sites (N-methyl/N-ethyl adjacent to an activating group) is 1. The Labute approximate surface area is 150 Å². The molecule has 1 saturated carbocycles. The highest BCUT2D eigenvalue weighted by molar-refractivity contribution is 7.90. The van der Waals surface area contributed by atoms with Gasteiger partial charge in [-0.25, -0.2) is 8.42 Å². The molecule has 0 heterocycles. The fourth-order valence-corrected chi connectivity index (χ4v) is 5.30. The van der Waals surface area contributed by atoms with Crippen molar-refractivity contribution in [3.05, 3.63) is 47.5 Å². The SMILES string of the molecule is CN(C)CC1=C(c2ccc3cc(S(C)(=O)=O)ccc3c2)C2CCC1C2. The Balaban J connectivity index is 1.80. The minimum absolute atomic E-state index is 0.389. The second kappa shape index (κ2) is 5.96. The summed E-state index contributed by atoms with van der Waals surface area (Å²) >= 11 is 0. The van der Waals surface area contributed by atoms with Gasteiger partial charge in [0.1, 0.15) is 0 Å². The van der Waals surface area contributed by atoms with Gasteiger partial charge >= 0.3 is 0 Å². The molecule has 3 nitrogen and oxygen atoms in total. The van der Waals surface area contributed by atoms with E-state index in [1.165, 1.54) is 31.1 Å². The van der Waals surface area contributed by atoms with Crippen LogP contribution in [0.5, 0.6) is 0 Å². The van der Waals surface area contributed by atoms with Gasteiger partial charge in [0, 0.05) is 12.8 Å². The first kappa shape index (κ1) is 16.8. The molecule has 2 bridgehead atoms. The summed E-state index contributed by atoms with van der Waals surface area (Å²) in [7, 11) is 1.12. The van der Waals surface area contributed by atoms with E-state index < -0.39 is 9.84 Å². The van der Waals surface area contributed by atoms with Crippen molar-refractivity contribution in [3.8, 4) is 0 Å². The van der Waals surface area contributed by atoms with Crippen molar-refractivity contribution in [3.63, 3.8) is 0 Å². The number of rotatable bonds is 4. The molecule has 0 spiro atoms. The topological polar surface area (TPSA) is 37.4 Å². The van der Waals surface area contributed by atoms with Crippen LogP contribution in [0.3, 0.4) is 0 Å². The standard InChI is InChI=1S/C21H25NO2S/c1-22(2)13-20-16-5-7-18(11-16)21(20)17-6-4-15-12-19(25(3,23)24)9-8-14(15)10-17/h4,6,8-10,12,16,18H,5,7,11,13H2,1-3H3. The van der Waals surface area contributed by atoms with E-state index in [1.54, 1.807) is 23.3 Å². The fraction of sp³-hybridized carbons (Fsp3) is 0.429. The zero-order valence-electron chi connectivity index (χ0n) is 15.1. The van der Waals surface area contributed by atoms with Crippen molar-refractivity contribution in [1.29, 1.82) is 0 Å². The number of hydrogen-bond acceptors (Lipinski definition) is 3. The molecule has 0 N–H and O–H groups in total. The third kappa shape index (κ3) is 3.02. The van der Waals surface area contributed by atoms with E-state index in [2.05, 4.69) is 37.2 Å². The first-order chi connectivity index (χ1) is 11.8. The zero-order valence-corrected chi connectivity index (χ0v) is 15.9. The second-order valence-corrected chi connectivity index (χ2v) is 9.90. The normalized spacial score (nSPS) is 23.2. The Morgan fingerprint density at radius 3 is 2.40 bits per heavy atom. The molecule has 25 heavy (non-hydrogen) atoms. The first-order valence-electron chi connectivity index (χ1n) is 8.95. The van der Waals surface area contributed by atoms with E-state index in [4.69, 9.17) is 0 Å². The van der Waals surface area contributed by atoms with Crippen molar-refractivity contribution in [2.45, 2.75) is 24.2 Å². The van der Waals surface area contributed by atoms with Crippen LogP contribution in [0.1, 0.15) is 24.8 Å². The third-order valence-corrected chi connectivity index (χ3v) is 6.83.